The van der Waals surface area contributed by atoms with Crippen molar-refractivity contribution in [1.29, 1.82) is 0 Å². The largest absolute Gasteiger partial charge is 0.350 e. The third kappa shape index (κ3) is 3.52. The van der Waals surface area contributed by atoms with E-state index in [2.05, 4.69) is 39.4 Å². The van der Waals surface area contributed by atoms with Gasteiger partial charge in [0.2, 0.25) is 5.95 Å². The second-order valence-corrected chi connectivity index (χ2v) is 9.36. The topological polar surface area (TPSA) is 83.1 Å². The van der Waals surface area contributed by atoms with Crippen molar-refractivity contribution in [3.8, 4) is 11.1 Å². The van der Waals surface area contributed by atoms with E-state index in [1.54, 1.807) is 6.20 Å². The summed E-state index contributed by atoms with van der Waals surface area (Å²) in [7, 11) is 4.24. The van der Waals surface area contributed by atoms with Crippen LogP contribution in [0.2, 0.25) is 0 Å². The number of amides is 1. The number of aromatic nitrogens is 5. The van der Waals surface area contributed by atoms with Gasteiger partial charge in [-0.15, -0.1) is 5.10 Å². The second kappa shape index (κ2) is 7.84. The molecular formula is C24H28N8O. The summed E-state index contributed by atoms with van der Waals surface area (Å²) in [5.74, 6) is 0.695. The lowest BCUT2D eigenvalue weighted by Crippen LogP contribution is -2.47. The minimum absolute atomic E-state index is 0.0467. The van der Waals surface area contributed by atoms with Gasteiger partial charge in [-0.2, -0.15) is 0 Å². The van der Waals surface area contributed by atoms with Gasteiger partial charge in [0.05, 0.1) is 17.9 Å². The Morgan fingerprint density at radius 2 is 1.91 bits per heavy atom. The molecule has 1 aliphatic heterocycles. The molecule has 0 spiro atoms. The van der Waals surface area contributed by atoms with Crippen molar-refractivity contribution in [3.05, 3.63) is 48.7 Å². The average Bonchev–Trinajstić information content (AvgIpc) is 3.54. The number of carbonyl (C=O) groups is 1. The summed E-state index contributed by atoms with van der Waals surface area (Å²) in [6, 6.07) is 7.07. The summed E-state index contributed by atoms with van der Waals surface area (Å²) >= 11 is 0. The first-order valence-electron chi connectivity index (χ1n) is 11.6. The molecular weight excluding hydrogens is 416 g/mol. The fourth-order valence-electron chi connectivity index (χ4n) is 4.90. The lowest BCUT2D eigenvalue weighted by Gasteiger charge is -2.39. The first-order valence-corrected chi connectivity index (χ1v) is 11.6. The molecule has 0 unspecified atom stereocenters. The lowest BCUT2D eigenvalue weighted by molar-refractivity contribution is 0.0786. The van der Waals surface area contributed by atoms with Crippen LogP contribution >= 0.6 is 0 Å². The van der Waals surface area contributed by atoms with Crippen LogP contribution in [0.3, 0.4) is 0 Å². The van der Waals surface area contributed by atoms with Crippen LogP contribution in [0.25, 0.3) is 22.3 Å². The van der Waals surface area contributed by atoms with Gasteiger partial charge >= 0.3 is 0 Å². The molecule has 2 fully saturated rings. The highest BCUT2D eigenvalue weighted by molar-refractivity contribution is 5.93. The number of carbonyl (C=O) groups excluding carboxylic acids is 1. The molecule has 5 heterocycles. The van der Waals surface area contributed by atoms with Gasteiger partial charge in [-0.05, 0) is 58.0 Å². The predicted molar refractivity (Wildman–Crippen MR) is 126 cm³/mol. The Balaban J connectivity index is 1.28. The van der Waals surface area contributed by atoms with Crippen LogP contribution in [0, 0.1) is 0 Å². The van der Waals surface area contributed by atoms with Gasteiger partial charge in [0, 0.05) is 48.7 Å². The number of rotatable bonds is 5. The van der Waals surface area contributed by atoms with E-state index in [1.807, 2.05) is 50.6 Å². The highest BCUT2D eigenvalue weighted by Gasteiger charge is 2.31. The van der Waals surface area contributed by atoms with E-state index in [0.29, 0.717) is 23.7 Å². The van der Waals surface area contributed by atoms with Gasteiger partial charge in [0.1, 0.15) is 11.3 Å². The van der Waals surface area contributed by atoms with Crippen LogP contribution in [0.15, 0.2) is 43.0 Å². The van der Waals surface area contributed by atoms with Crippen molar-refractivity contribution in [2.75, 3.05) is 32.5 Å². The van der Waals surface area contributed by atoms with Crippen LogP contribution in [-0.2, 0) is 0 Å². The molecule has 1 saturated heterocycles. The maximum absolute atomic E-state index is 13.0. The Labute approximate surface area is 192 Å². The fraction of sp³-hybridized carbons (Fsp3) is 0.417. The molecule has 9 heteroatoms. The predicted octanol–water partition coefficient (Wildman–Crippen LogP) is 2.78. The lowest BCUT2D eigenvalue weighted by atomic mass is 9.86. The molecule has 0 bridgehead atoms. The smallest absolute Gasteiger partial charge is 0.272 e. The molecule has 33 heavy (non-hydrogen) atoms. The van der Waals surface area contributed by atoms with Gasteiger partial charge in [0.25, 0.3) is 5.91 Å². The molecule has 1 amide bonds. The standard InChI is InChI=1S/C24H28N8O/c1-29(2)18-11-17(12-18)27-24-26-13-20-19(7-10-32(20)28-24)16-5-6-22-25-14-21(31(22)15-16)23(33)30-8-3-4-9-30/h5-7,10,13-15,17-18H,3-4,8-9,11-12H2,1-2H3,(H,27,28). The Hall–Kier alpha value is -3.46. The van der Waals surface area contributed by atoms with Gasteiger partial charge in [-0.3, -0.25) is 9.20 Å². The van der Waals surface area contributed by atoms with E-state index < -0.39 is 0 Å². The summed E-state index contributed by atoms with van der Waals surface area (Å²) in [6.07, 6.45) is 11.8. The van der Waals surface area contributed by atoms with E-state index in [9.17, 15) is 4.79 Å². The molecule has 1 saturated carbocycles. The van der Waals surface area contributed by atoms with Crippen molar-refractivity contribution >= 4 is 23.0 Å². The molecule has 6 rings (SSSR count). The SMILES string of the molecule is CN(C)C1CC(Nc2ncc3c(-c4ccc5ncc(C(=O)N6CCCC6)n5c4)ccn3n2)C1. The minimum Gasteiger partial charge on any atom is -0.350 e. The maximum atomic E-state index is 13.0. The van der Waals surface area contributed by atoms with Crippen molar-refractivity contribution in [3.63, 3.8) is 0 Å². The summed E-state index contributed by atoms with van der Waals surface area (Å²) in [5.41, 5.74) is 4.32. The van der Waals surface area contributed by atoms with Crippen LogP contribution < -0.4 is 5.32 Å². The number of anilines is 1. The maximum Gasteiger partial charge on any atom is 0.272 e. The van der Waals surface area contributed by atoms with Crippen LogP contribution in [0.1, 0.15) is 36.2 Å². The first kappa shape index (κ1) is 20.2. The summed E-state index contributed by atoms with van der Waals surface area (Å²) in [4.78, 5) is 26.2. The highest BCUT2D eigenvalue weighted by Crippen LogP contribution is 2.28. The van der Waals surface area contributed by atoms with E-state index >= 15 is 0 Å². The average molecular weight is 445 g/mol. The molecule has 2 aliphatic rings. The number of pyridine rings is 1. The van der Waals surface area contributed by atoms with Crippen molar-refractivity contribution in [2.24, 2.45) is 0 Å². The second-order valence-electron chi connectivity index (χ2n) is 9.36. The molecule has 9 nitrogen and oxygen atoms in total. The Kier molecular flexibility index (Phi) is 4.79. The Morgan fingerprint density at radius 3 is 2.70 bits per heavy atom. The van der Waals surface area contributed by atoms with Crippen LogP contribution in [-0.4, -0.2) is 79.0 Å². The molecule has 1 N–H and O–H groups in total. The zero-order chi connectivity index (χ0) is 22.5. The van der Waals surface area contributed by atoms with Gasteiger partial charge in [-0.25, -0.2) is 14.5 Å². The molecule has 4 aromatic rings. The zero-order valence-electron chi connectivity index (χ0n) is 19.0. The minimum atomic E-state index is 0.0467. The molecule has 1 aliphatic carbocycles. The molecule has 4 aromatic heterocycles. The third-order valence-corrected chi connectivity index (χ3v) is 7.02. The number of imidazole rings is 1. The quantitative estimate of drug-likeness (QED) is 0.510. The monoisotopic (exact) mass is 444 g/mol. The van der Waals surface area contributed by atoms with Crippen molar-refractivity contribution in [2.45, 2.75) is 37.8 Å². The summed E-state index contributed by atoms with van der Waals surface area (Å²) < 4.78 is 3.76. The number of hydrogen-bond donors (Lipinski definition) is 1. The first-order chi connectivity index (χ1) is 16.1. The molecule has 0 atom stereocenters. The molecule has 0 radical (unpaired) electrons. The molecule has 170 valence electrons. The normalized spacial score (nSPS) is 20.6. The Morgan fingerprint density at radius 1 is 1.09 bits per heavy atom. The zero-order valence-corrected chi connectivity index (χ0v) is 19.0. The van der Waals surface area contributed by atoms with E-state index in [0.717, 1.165) is 61.1 Å². The molecule has 0 aromatic carbocycles. The number of nitrogens with zero attached hydrogens (tertiary/aromatic N) is 7. The van der Waals surface area contributed by atoms with Crippen molar-refractivity contribution in [1.82, 2.24) is 33.8 Å². The van der Waals surface area contributed by atoms with Gasteiger partial charge in [0.15, 0.2) is 0 Å². The van der Waals surface area contributed by atoms with E-state index in [4.69, 9.17) is 0 Å². The number of likely N-dealkylation sites (tertiary alicyclic amines) is 1. The number of hydrogen-bond acceptors (Lipinski definition) is 6. The van der Waals surface area contributed by atoms with Crippen molar-refractivity contribution < 1.29 is 4.79 Å². The van der Waals surface area contributed by atoms with Gasteiger partial charge in [-0.1, -0.05) is 0 Å². The van der Waals surface area contributed by atoms with Crippen LogP contribution in [0.5, 0.6) is 0 Å². The summed E-state index contributed by atoms with van der Waals surface area (Å²) in [6.45, 7) is 1.64. The number of fused-ring (bicyclic) bond motifs is 2. The Bertz CT molecular complexity index is 1330. The summed E-state index contributed by atoms with van der Waals surface area (Å²) in [5, 5.41) is 8.11. The van der Waals surface area contributed by atoms with E-state index in [-0.39, 0.29) is 5.91 Å². The van der Waals surface area contributed by atoms with Gasteiger partial charge < -0.3 is 15.1 Å². The van der Waals surface area contributed by atoms with E-state index in [1.165, 1.54) is 0 Å². The van der Waals surface area contributed by atoms with Crippen LogP contribution in [0.4, 0.5) is 5.95 Å². The fourth-order valence-corrected chi connectivity index (χ4v) is 4.90. The highest BCUT2D eigenvalue weighted by atomic mass is 16.2. The third-order valence-electron chi connectivity index (χ3n) is 7.02. The number of nitrogens with one attached hydrogen (secondary N) is 1.